The number of hydrogen-bond acceptors (Lipinski definition) is 4. The smallest absolute Gasteiger partial charge is 0.123 e. The predicted octanol–water partition coefficient (Wildman–Crippen LogP) is 2.31. The van der Waals surface area contributed by atoms with Crippen LogP contribution in [0, 0.1) is 0 Å². The molecule has 0 spiro atoms. The molecule has 1 aromatic carbocycles. The molecule has 106 valence electrons. The molecule has 0 amide bonds. The summed E-state index contributed by atoms with van der Waals surface area (Å²) in [6.45, 7) is 6.99. The fourth-order valence-corrected chi connectivity index (χ4v) is 2.66. The highest BCUT2D eigenvalue weighted by Crippen LogP contribution is 2.26. The van der Waals surface area contributed by atoms with Crippen LogP contribution in [0.1, 0.15) is 19.4 Å². The van der Waals surface area contributed by atoms with E-state index in [4.69, 9.17) is 14.2 Å². The molecule has 0 aromatic heterocycles. The zero-order valence-corrected chi connectivity index (χ0v) is 12.2. The molecule has 1 saturated heterocycles. The average Bonchev–Trinajstić information content (AvgIpc) is 2.37. The highest BCUT2D eigenvalue weighted by Gasteiger charge is 2.23. The van der Waals surface area contributed by atoms with Gasteiger partial charge in [0.05, 0.1) is 26.4 Å². The molecule has 1 aliphatic rings. The van der Waals surface area contributed by atoms with Gasteiger partial charge in [0, 0.05) is 25.2 Å². The Morgan fingerprint density at radius 3 is 2.42 bits per heavy atom. The minimum absolute atomic E-state index is 0.278. The van der Waals surface area contributed by atoms with Crippen LogP contribution >= 0.6 is 0 Å². The summed E-state index contributed by atoms with van der Waals surface area (Å²) in [5, 5.41) is 0. The van der Waals surface area contributed by atoms with Crippen LogP contribution in [0.5, 0.6) is 11.5 Å². The normalized spacial score (nSPS) is 24.2. The Labute approximate surface area is 115 Å². The number of nitrogens with zero attached hydrogens (tertiary/aromatic N) is 1. The molecule has 0 unspecified atom stereocenters. The van der Waals surface area contributed by atoms with Crippen molar-refractivity contribution >= 4 is 0 Å². The SMILES string of the molecule is COc1ccc(OC)c(CN2C[C@H](C)O[C@@H](C)C2)c1. The summed E-state index contributed by atoms with van der Waals surface area (Å²) in [4.78, 5) is 2.40. The summed E-state index contributed by atoms with van der Waals surface area (Å²) in [6, 6.07) is 5.93. The van der Waals surface area contributed by atoms with E-state index in [0.29, 0.717) is 0 Å². The lowest BCUT2D eigenvalue weighted by Crippen LogP contribution is -2.44. The monoisotopic (exact) mass is 265 g/mol. The van der Waals surface area contributed by atoms with Gasteiger partial charge in [-0.2, -0.15) is 0 Å². The van der Waals surface area contributed by atoms with E-state index < -0.39 is 0 Å². The van der Waals surface area contributed by atoms with Crippen molar-refractivity contribution < 1.29 is 14.2 Å². The van der Waals surface area contributed by atoms with E-state index in [0.717, 1.165) is 36.7 Å². The number of rotatable bonds is 4. The van der Waals surface area contributed by atoms with Crippen molar-refractivity contribution in [1.82, 2.24) is 4.90 Å². The van der Waals surface area contributed by atoms with E-state index in [1.165, 1.54) is 0 Å². The summed E-state index contributed by atoms with van der Waals surface area (Å²) in [6.07, 6.45) is 0.556. The van der Waals surface area contributed by atoms with Gasteiger partial charge in [0.1, 0.15) is 11.5 Å². The van der Waals surface area contributed by atoms with Gasteiger partial charge in [-0.25, -0.2) is 0 Å². The van der Waals surface area contributed by atoms with Crippen molar-refractivity contribution in [3.63, 3.8) is 0 Å². The number of morpholine rings is 1. The zero-order chi connectivity index (χ0) is 13.8. The van der Waals surface area contributed by atoms with Crippen LogP contribution in [0.3, 0.4) is 0 Å². The van der Waals surface area contributed by atoms with E-state index in [9.17, 15) is 0 Å². The maximum Gasteiger partial charge on any atom is 0.123 e. The molecule has 0 aliphatic carbocycles. The molecule has 4 nitrogen and oxygen atoms in total. The third-order valence-corrected chi connectivity index (χ3v) is 3.38. The third-order valence-electron chi connectivity index (χ3n) is 3.38. The number of benzene rings is 1. The molecule has 0 bridgehead atoms. The van der Waals surface area contributed by atoms with Crippen molar-refractivity contribution in [2.24, 2.45) is 0 Å². The van der Waals surface area contributed by atoms with Crippen LogP contribution in [-0.2, 0) is 11.3 Å². The Morgan fingerprint density at radius 1 is 1.16 bits per heavy atom. The minimum atomic E-state index is 0.278. The van der Waals surface area contributed by atoms with Gasteiger partial charge >= 0.3 is 0 Å². The Morgan fingerprint density at radius 2 is 1.84 bits per heavy atom. The Hall–Kier alpha value is -1.26. The van der Waals surface area contributed by atoms with E-state index in [-0.39, 0.29) is 12.2 Å². The summed E-state index contributed by atoms with van der Waals surface area (Å²) in [5.74, 6) is 1.78. The van der Waals surface area contributed by atoms with Gasteiger partial charge in [-0.1, -0.05) is 0 Å². The van der Waals surface area contributed by atoms with Crippen LogP contribution in [-0.4, -0.2) is 44.4 Å². The van der Waals surface area contributed by atoms with Crippen molar-refractivity contribution in [3.05, 3.63) is 23.8 Å². The molecular formula is C15H23NO3. The second kappa shape index (κ2) is 6.26. The fourth-order valence-electron chi connectivity index (χ4n) is 2.66. The van der Waals surface area contributed by atoms with Crippen molar-refractivity contribution in [2.45, 2.75) is 32.6 Å². The van der Waals surface area contributed by atoms with Gasteiger partial charge in [0.2, 0.25) is 0 Å². The van der Waals surface area contributed by atoms with Crippen LogP contribution in [0.15, 0.2) is 18.2 Å². The average molecular weight is 265 g/mol. The molecule has 19 heavy (non-hydrogen) atoms. The molecule has 2 atom stereocenters. The molecule has 1 fully saturated rings. The molecule has 0 saturated carbocycles. The maximum atomic E-state index is 5.76. The Bertz CT molecular complexity index is 412. The first-order valence-corrected chi connectivity index (χ1v) is 6.71. The first-order valence-electron chi connectivity index (χ1n) is 6.71. The van der Waals surface area contributed by atoms with Crippen molar-refractivity contribution in [2.75, 3.05) is 27.3 Å². The van der Waals surface area contributed by atoms with Crippen molar-refractivity contribution in [3.8, 4) is 11.5 Å². The highest BCUT2D eigenvalue weighted by atomic mass is 16.5. The summed E-state index contributed by atoms with van der Waals surface area (Å²) in [5.41, 5.74) is 1.16. The summed E-state index contributed by atoms with van der Waals surface area (Å²) < 4.78 is 16.5. The first-order chi connectivity index (χ1) is 9.12. The Kier molecular flexibility index (Phi) is 4.66. The topological polar surface area (TPSA) is 30.9 Å². The van der Waals surface area contributed by atoms with Gasteiger partial charge < -0.3 is 14.2 Å². The molecular weight excluding hydrogens is 242 g/mol. The van der Waals surface area contributed by atoms with E-state index in [1.54, 1.807) is 14.2 Å². The summed E-state index contributed by atoms with van der Waals surface area (Å²) >= 11 is 0. The lowest BCUT2D eigenvalue weighted by Gasteiger charge is -2.35. The molecule has 1 aromatic rings. The van der Waals surface area contributed by atoms with E-state index in [2.05, 4.69) is 18.7 Å². The van der Waals surface area contributed by atoms with Crippen LogP contribution in [0.25, 0.3) is 0 Å². The standard InChI is InChI=1S/C15H23NO3/c1-11-8-16(9-12(2)19-11)10-13-7-14(17-3)5-6-15(13)18-4/h5-7,11-12H,8-10H2,1-4H3/t11-,12-/m0/s1. The second-order valence-electron chi connectivity index (χ2n) is 5.13. The van der Waals surface area contributed by atoms with Gasteiger partial charge in [0.25, 0.3) is 0 Å². The fraction of sp³-hybridized carbons (Fsp3) is 0.600. The number of methoxy groups -OCH3 is 2. The van der Waals surface area contributed by atoms with Crippen LogP contribution < -0.4 is 9.47 Å². The van der Waals surface area contributed by atoms with Crippen LogP contribution in [0.4, 0.5) is 0 Å². The van der Waals surface area contributed by atoms with Crippen LogP contribution in [0.2, 0.25) is 0 Å². The van der Waals surface area contributed by atoms with Gasteiger partial charge in [0.15, 0.2) is 0 Å². The highest BCUT2D eigenvalue weighted by molar-refractivity contribution is 5.40. The Balaban J connectivity index is 2.12. The molecule has 1 heterocycles. The van der Waals surface area contributed by atoms with Crippen molar-refractivity contribution in [1.29, 1.82) is 0 Å². The molecule has 0 radical (unpaired) electrons. The molecule has 4 heteroatoms. The second-order valence-corrected chi connectivity index (χ2v) is 5.13. The predicted molar refractivity (Wildman–Crippen MR) is 74.8 cm³/mol. The maximum absolute atomic E-state index is 5.76. The number of ether oxygens (including phenoxy) is 3. The van der Waals surface area contributed by atoms with Gasteiger partial charge in [-0.15, -0.1) is 0 Å². The minimum Gasteiger partial charge on any atom is -0.497 e. The molecule has 0 N–H and O–H groups in total. The largest absolute Gasteiger partial charge is 0.497 e. The quantitative estimate of drug-likeness (QED) is 0.836. The lowest BCUT2D eigenvalue weighted by molar-refractivity contribution is -0.0706. The lowest BCUT2D eigenvalue weighted by atomic mass is 10.1. The summed E-state index contributed by atoms with van der Waals surface area (Å²) in [7, 11) is 3.39. The molecule has 1 aliphatic heterocycles. The third kappa shape index (κ3) is 3.61. The van der Waals surface area contributed by atoms with E-state index in [1.807, 2.05) is 18.2 Å². The first kappa shape index (κ1) is 14.2. The zero-order valence-electron chi connectivity index (χ0n) is 12.2. The molecule has 2 rings (SSSR count). The van der Waals surface area contributed by atoms with Gasteiger partial charge in [-0.05, 0) is 32.0 Å². The number of hydrogen-bond donors (Lipinski definition) is 0. The van der Waals surface area contributed by atoms with Gasteiger partial charge in [-0.3, -0.25) is 4.90 Å². The van der Waals surface area contributed by atoms with E-state index >= 15 is 0 Å².